The van der Waals surface area contributed by atoms with Crippen LogP contribution in [0.25, 0.3) is 5.69 Å². The Hall–Kier alpha value is -2.03. The molecule has 2 aromatic carbocycles. The minimum absolute atomic E-state index is 0.149. The van der Waals surface area contributed by atoms with Crippen LogP contribution in [0.2, 0.25) is 0 Å². The molecule has 122 valence electrons. The first kappa shape index (κ1) is 16.8. The van der Waals surface area contributed by atoms with Gasteiger partial charge in [-0.3, -0.25) is 10.1 Å². The van der Waals surface area contributed by atoms with Gasteiger partial charge in [0.15, 0.2) is 8.29 Å². The van der Waals surface area contributed by atoms with Crippen molar-refractivity contribution < 1.29 is 4.92 Å². The van der Waals surface area contributed by atoms with Gasteiger partial charge in [-0.15, -0.1) is 5.10 Å². The third kappa shape index (κ3) is 3.55. The highest BCUT2D eigenvalue weighted by Crippen LogP contribution is 2.30. The van der Waals surface area contributed by atoms with Gasteiger partial charge in [0.25, 0.3) is 5.69 Å². The molecule has 0 saturated carbocycles. The molecule has 1 aromatic heterocycles. The molecule has 3 aromatic rings. The monoisotopic (exact) mass is 375 g/mol. The molecule has 0 aliphatic rings. The Labute approximate surface area is 152 Å². The largest absolute Gasteiger partial charge is 0.272 e. The van der Waals surface area contributed by atoms with Gasteiger partial charge in [0.1, 0.15) is 0 Å². The molecule has 0 fully saturated rings. The predicted molar refractivity (Wildman–Crippen MR) is 99.7 cm³/mol. The summed E-state index contributed by atoms with van der Waals surface area (Å²) in [6.07, 6.45) is 0. The zero-order valence-electron chi connectivity index (χ0n) is 12.7. The SMILES string of the molecule is Cc1c(CSc2nn(-c3ccccc3)c(=S)s2)cccc1[N+](=O)[O-]. The zero-order valence-corrected chi connectivity index (χ0v) is 15.2. The summed E-state index contributed by atoms with van der Waals surface area (Å²) < 4.78 is 3.26. The van der Waals surface area contributed by atoms with Crippen LogP contribution in [0.1, 0.15) is 11.1 Å². The minimum atomic E-state index is -0.350. The van der Waals surface area contributed by atoms with E-state index < -0.39 is 0 Å². The van der Waals surface area contributed by atoms with Crippen molar-refractivity contribution in [1.29, 1.82) is 0 Å². The van der Waals surface area contributed by atoms with Crippen LogP contribution >= 0.6 is 35.3 Å². The highest BCUT2D eigenvalue weighted by molar-refractivity contribution is 8.00. The lowest BCUT2D eigenvalue weighted by Gasteiger charge is -2.04. The van der Waals surface area contributed by atoms with Crippen LogP contribution in [-0.2, 0) is 5.75 Å². The Morgan fingerprint density at radius 1 is 1.25 bits per heavy atom. The van der Waals surface area contributed by atoms with E-state index in [2.05, 4.69) is 5.10 Å². The number of para-hydroxylation sites is 1. The molecule has 5 nitrogen and oxygen atoms in total. The molecule has 0 aliphatic carbocycles. The molecule has 0 amide bonds. The van der Waals surface area contributed by atoms with E-state index in [-0.39, 0.29) is 10.6 Å². The lowest BCUT2D eigenvalue weighted by atomic mass is 10.1. The maximum Gasteiger partial charge on any atom is 0.272 e. The second-order valence-corrected chi connectivity index (χ2v) is 7.83. The maximum absolute atomic E-state index is 11.0. The lowest BCUT2D eigenvalue weighted by Crippen LogP contribution is -1.96. The first-order valence-corrected chi connectivity index (χ1v) is 9.28. The number of nitro groups is 1. The Kier molecular flexibility index (Phi) is 5.08. The number of rotatable bonds is 5. The van der Waals surface area contributed by atoms with Crippen LogP contribution in [0, 0.1) is 21.0 Å². The molecule has 0 radical (unpaired) electrons. The third-order valence-electron chi connectivity index (χ3n) is 3.50. The fourth-order valence-corrected chi connectivity index (χ4v) is 4.64. The molecule has 0 spiro atoms. The quantitative estimate of drug-likeness (QED) is 0.266. The van der Waals surface area contributed by atoms with Crippen molar-refractivity contribution in [3.8, 4) is 5.69 Å². The number of nitro benzene ring substituents is 1. The van der Waals surface area contributed by atoms with Gasteiger partial charge in [0, 0.05) is 17.4 Å². The number of hydrogen-bond acceptors (Lipinski definition) is 6. The van der Waals surface area contributed by atoms with Gasteiger partial charge in [0.05, 0.1) is 10.6 Å². The van der Waals surface area contributed by atoms with E-state index in [1.54, 1.807) is 17.7 Å². The van der Waals surface area contributed by atoms with Crippen LogP contribution in [0.4, 0.5) is 5.69 Å². The second kappa shape index (κ2) is 7.25. The molecule has 0 aliphatic heterocycles. The number of nitrogens with zero attached hydrogens (tertiary/aromatic N) is 3. The highest BCUT2D eigenvalue weighted by Gasteiger charge is 2.14. The fraction of sp³-hybridized carbons (Fsp3) is 0.125. The summed E-state index contributed by atoms with van der Waals surface area (Å²) in [6, 6.07) is 14.9. The van der Waals surface area contributed by atoms with Crippen molar-refractivity contribution in [2.24, 2.45) is 0 Å². The Morgan fingerprint density at radius 3 is 2.71 bits per heavy atom. The average Bonchev–Trinajstić information content (AvgIpc) is 2.95. The normalized spacial score (nSPS) is 10.7. The van der Waals surface area contributed by atoms with Crippen molar-refractivity contribution in [3.63, 3.8) is 0 Å². The summed E-state index contributed by atoms with van der Waals surface area (Å²) in [5.41, 5.74) is 2.70. The van der Waals surface area contributed by atoms with Crippen LogP contribution in [0.5, 0.6) is 0 Å². The molecule has 3 rings (SSSR count). The molecule has 24 heavy (non-hydrogen) atoms. The number of hydrogen-bond donors (Lipinski definition) is 0. The average molecular weight is 376 g/mol. The van der Waals surface area contributed by atoms with Gasteiger partial charge >= 0.3 is 0 Å². The molecule has 0 atom stereocenters. The molecular weight excluding hydrogens is 362 g/mol. The van der Waals surface area contributed by atoms with Crippen LogP contribution in [0.15, 0.2) is 52.9 Å². The van der Waals surface area contributed by atoms with E-state index in [0.29, 0.717) is 15.3 Å². The Balaban J connectivity index is 1.80. The number of thioether (sulfide) groups is 1. The fourth-order valence-electron chi connectivity index (χ4n) is 2.22. The standard InChI is InChI=1S/C16H13N3O2S3/c1-11-12(6-5-9-14(11)19(20)21)10-23-15-17-18(16(22)24-15)13-7-3-2-4-8-13/h2-9H,10H2,1H3. The van der Waals surface area contributed by atoms with Gasteiger partial charge in [-0.2, -0.15) is 0 Å². The van der Waals surface area contributed by atoms with E-state index in [1.807, 2.05) is 36.4 Å². The number of aromatic nitrogens is 2. The van der Waals surface area contributed by atoms with Gasteiger partial charge in [-0.1, -0.05) is 53.4 Å². The van der Waals surface area contributed by atoms with E-state index in [9.17, 15) is 10.1 Å². The summed E-state index contributed by atoms with van der Waals surface area (Å²) in [5, 5.41) is 15.6. The molecule has 0 saturated heterocycles. The van der Waals surface area contributed by atoms with Crippen molar-refractivity contribution in [2.75, 3.05) is 0 Å². The minimum Gasteiger partial charge on any atom is -0.258 e. The summed E-state index contributed by atoms with van der Waals surface area (Å²) in [7, 11) is 0. The second-order valence-electron chi connectivity index (χ2n) is 4.99. The van der Waals surface area contributed by atoms with Crippen LogP contribution in [-0.4, -0.2) is 14.7 Å². The molecular formula is C16H13N3O2S3. The molecule has 0 unspecified atom stereocenters. The van der Waals surface area contributed by atoms with E-state index >= 15 is 0 Å². The lowest BCUT2D eigenvalue weighted by molar-refractivity contribution is -0.385. The predicted octanol–water partition coefficient (Wildman–Crippen LogP) is 5.17. The van der Waals surface area contributed by atoms with Crippen molar-refractivity contribution in [1.82, 2.24) is 9.78 Å². The van der Waals surface area contributed by atoms with Gasteiger partial charge in [-0.05, 0) is 36.8 Å². The summed E-state index contributed by atoms with van der Waals surface area (Å²) in [6.45, 7) is 1.78. The zero-order chi connectivity index (χ0) is 17.1. The van der Waals surface area contributed by atoms with Crippen molar-refractivity contribution >= 4 is 41.0 Å². The topological polar surface area (TPSA) is 61.0 Å². The smallest absolute Gasteiger partial charge is 0.258 e. The Bertz CT molecular complexity index is 935. The van der Waals surface area contributed by atoms with Gasteiger partial charge in [0.2, 0.25) is 0 Å². The number of benzene rings is 2. The van der Waals surface area contributed by atoms with Crippen molar-refractivity contribution in [3.05, 3.63) is 73.7 Å². The summed E-state index contributed by atoms with van der Waals surface area (Å²) in [4.78, 5) is 10.7. The first-order chi connectivity index (χ1) is 11.6. The summed E-state index contributed by atoms with van der Waals surface area (Å²) in [5.74, 6) is 0.616. The highest BCUT2D eigenvalue weighted by atomic mass is 32.2. The Morgan fingerprint density at radius 2 is 2.00 bits per heavy atom. The van der Waals surface area contributed by atoms with Gasteiger partial charge < -0.3 is 0 Å². The third-order valence-corrected chi connectivity index (χ3v) is 5.91. The summed E-state index contributed by atoms with van der Waals surface area (Å²) >= 11 is 8.36. The van der Waals surface area contributed by atoms with E-state index in [1.165, 1.54) is 29.2 Å². The van der Waals surface area contributed by atoms with E-state index in [4.69, 9.17) is 12.2 Å². The van der Waals surface area contributed by atoms with Gasteiger partial charge in [-0.25, -0.2) is 4.68 Å². The molecule has 1 heterocycles. The van der Waals surface area contributed by atoms with E-state index in [0.717, 1.165) is 15.6 Å². The molecule has 8 heteroatoms. The molecule has 0 bridgehead atoms. The van der Waals surface area contributed by atoms with Crippen molar-refractivity contribution in [2.45, 2.75) is 17.0 Å². The maximum atomic E-state index is 11.0. The van der Waals surface area contributed by atoms with Crippen LogP contribution in [0.3, 0.4) is 0 Å². The molecule has 0 N–H and O–H groups in total. The first-order valence-electron chi connectivity index (χ1n) is 7.07. The van der Waals surface area contributed by atoms with Crippen LogP contribution < -0.4 is 0 Å².